The van der Waals surface area contributed by atoms with Crippen molar-refractivity contribution in [2.45, 2.75) is 38.4 Å². The van der Waals surface area contributed by atoms with Crippen molar-refractivity contribution in [2.24, 2.45) is 5.92 Å². The molecule has 0 bridgehead atoms. The summed E-state index contributed by atoms with van der Waals surface area (Å²) in [5, 5.41) is 21.1. The third kappa shape index (κ3) is 4.30. The highest BCUT2D eigenvalue weighted by Gasteiger charge is 2.35. The number of carbonyl (C=O) groups excluding carboxylic acids is 1. The van der Waals surface area contributed by atoms with Crippen LogP contribution in [0.2, 0.25) is 0 Å². The molecule has 0 aromatic heterocycles. The van der Waals surface area contributed by atoms with Crippen LogP contribution >= 0.6 is 0 Å². The Hall–Kier alpha value is -1.92. The first kappa shape index (κ1) is 17.4. The van der Waals surface area contributed by atoms with Crippen molar-refractivity contribution in [2.75, 3.05) is 13.2 Å². The molecule has 126 valence electrons. The summed E-state index contributed by atoms with van der Waals surface area (Å²) in [5.74, 6) is -2.05. The molecule has 1 aromatic rings. The van der Waals surface area contributed by atoms with Gasteiger partial charge in [-0.3, -0.25) is 4.79 Å². The minimum absolute atomic E-state index is 0.295. The topological polar surface area (TPSA) is 95.9 Å². The van der Waals surface area contributed by atoms with Gasteiger partial charge in [0.1, 0.15) is 0 Å². The molecule has 1 aliphatic rings. The van der Waals surface area contributed by atoms with Gasteiger partial charge >= 0.3 is 5.97 Å². The number of benzene rings is 1. The first-order chi connectivity index (χ1) is 10.8. The van der Waals surface area contributed by atoms with Gasteiger partial charge in [-0.2, -0.15) is 0 Å². The molecule has 0 aliphatic carbocycles. The fourth-order valence-electron chi connectivity index (χ4n) is 2.60. The molecule has 1 aromatic carbocycles. The molecule has 0 radical (unpaired) electrons. The first-order valence-corrected chi connectivity index (χ1v) is 7.73. The lowest BCUT2D eigenvalue weighted by atomic mass is 9.88. The van der Waals surface area contributed by atoms with Crippen LogP contribution in [0.5, 0.6) is 0 Å². The quantitative estimate of drug-likeness (QED) is 0.762. The Balaban J connectivity index is 2.07. The van der Waals surface area contributed by atoms with Gasteiger partial charge in [0.2, 0.25) is 5.91 Å². The van der Waals surface area contributed by atoms with E-state index in [2.05, 4.69) is 5.32 Å². The molecule has 0 spiro atoms. The van der Waals surface area contributed by atoms with Crippen LogP contribution in [0.3, 0.4) is 0 Å². The van der Waals surface area contributed by atoms with Crippen LogP contribution in [0.25, 0.3) is 0 Å². The standard InChI is InChI=1S/C17H23NO5/c1-11-5-7-12(8-6-11)14-13(4-3-9-23-14)15(19)18-10-17(2,22)16(20)21/h5-8,13-14,22H,3-4,9-10H2,1-2H3,(H,18,19)(H,20,21). The molecule has 1 amide bonds. The summed E-state index contributed by atoms with van der Waals surface area (Å²) in [6.07, 6.45) is 1.09. The molecule has 6 nitrogen and oxygen atoms in total. The number of carboxylic acid groups (broad SMARTS) is 1. The van der Waals surface area contributed by atoms with Crippen molar-refractivity contribution in [3.8, 4) is 0 Å². The molecule has 1 saturated heterocycles. The molecule has 1 aliphatic heterocycles. The maximum Gasteiger partial charge on any atom is 0.337 e. The van der Waals surface area contributed by atoms with E-state index in [1.165, 1.54) is 0 Å². The zero-order valence-corrected chi connectivity index (χ0v) is 13.4. The van der Waals surface area contributed by atoms with Crippen molar-refractivity contribution in [3.63, 3.8) is 0 Å². The summed E-state index contributed by atoms with van der Waals surface area (Å²) in [5.41, 5.74) is 0.0772. The molecular weight excluding hydrogens is 298 g/mol. The van der Waals surface area contributed by atoms with E-state index < -0.39 is 17.5 Å². The van der Waals surface area contributed by atoms with Gasteiger partial charge in [-0.05, 0) is 32.3 Å². The fraction of sp³-hybridized carbons (Fsp3) is 0.529. The number of nitrogens with one attached hydrogen (secondary N) is 1. The van der Waals surface area contributed by atoms with E-state index in [9.17, 15) is 14.7 Å². The highest BCUT2D eigenvalue weighted by Crippen LogP contribution is 2.34. The van der Waals surface area contributed by atoms with Crippen molar-refractivity contribution in [1.29, 1.82) is 0 Å². The molecular formula is C17H23NO5. The van der Waals surface area contributed by atoms with E-state index in [1.807, 2.05) is 31.2 Å². The maximum absolute atomic E-state index is 12.4. The van der Waals surface area contributed by atoms with Gasteiger partial charge in [-0.1, -0.05) is 29.8 Å². The average Bonchev–Trinajstić information content (AvgIpc) is 2.53. The first-order valence-electron chi connectivity index (χ1n) is 7.73. The number of amides is 1. The summed E-state index contributed by atoms with van der Waals surface area (Å²) in [6, 6.07) is 7.83. The highest BCUT2D eigenvalue weighted by atomic mass is 16.5. The van der Waals surface area contributed by atoms with E-state index in [1.54, 1.807) is 0 Å². The smallest absolute Gasteiger partial charge is 0.337 e. The largest absolute Gasteiger partial charge is 0.479 e. The van der Waals surface area contributed by atoms with E-state index in [-0.39, 0.29) is 18.6 Å². The Labute approximate surface area is 135 Å². The summed E-state index contributed by atoms with van der Waals surface area (Å²) < 4.78 is 5.78. The van der Waals surface area contributed by atoms with Crippen LogP contribution in [-0.4, -0.2) is 40.8 Å². The monoisotopic (exact) mass is 321 g/mol. The number of hydrogen-bond acceptors (Lipinski definition) is 4. The van der Waals surface area contributed by atoms with E-state index in [4.69, 9.17) is 9.84 Å². The molecule has 2 rings (SSSR count). The lowest BCUT2D eigenvalue weighted by molar-refractivity contribution is -0.156. The second-order valence-electron chi connectivity index (χ2n) is 6.25. The Morgan fingerprint density at radius 3 is 2.61 bits per heavy atom. The second-order valence-corrected chi connectivity index (χ2v) is 6.25. The van der Waals surface area contributed by atoms with Gasteiger partial charge < -0.3 is 20.3 Å². The molecule has 6 heteroatoms. The van der Waals surface area contributed by atoms with Crippen molar-refractivity contribution < 1.29 is 24.5 Å². The van der Waals surface area contributed by atoms with Crippen LogP contribution in [0.1, 0.15) is 37.0 Å². The van der Waals surface area contributed by atoms with Crippen LogP contribution < -0.4 is 5.32 Å². The lowest BCUT2D eigenvalue weighted by Gasteiger charge is -2.32. The van der Waals surface area contributed by atoms with Crippen LogP contribution in [-0.2, 0) is 14.3 Å². The van der Waals surface area contributed by atoms with Gasteiger partial charge in [0.15, 0.2) is 5.60 Å². The summed E-state index contributed by atoms with van der Waals surface area (Å²) in [6.45, 7) is 3.40. The minimum Gasteiger partial charge on any atom is -0.479 e. The Morgan fingerprint density at radius 2 is 2.00 bits per heavy atom. The van der Waals surface area contributed by atoms with Gasteiger partial charge in [0.25, 0.3) is 0 Å². The molecule has 3 N–H and O–H groups in total. The number of rotatable bonds is 5. The Morgan fingerprint density at radius 1 is 1.35 bits per heavy atom. The molecule has 3 unspecified atom stereocenters. The molecule has 0 saturated carbocycles. The van der Waals surface area contributed by atoms with Crippen molar-refractivity contribution in [1.82, 2.24) is 5.32 Å². The average molecular weight is 321 g/mol. The third-order valence-corrected chi connectivity index (χ3v) is 4.13. The van der Waals surface area contributed by atoms with Crippen LogP contribution in [0, 0.1) is 12.8 Å². The van der Waals surface area contributed by atoms with Crippen molar-refractivity contribution >= 4 is 11.9 Å². The zero-order chi connectivity index (χ0) is 17.0. The SMILES string of the molecule is Cc1ccc(C2OCCCC2C(=O)NCC(C)(O)C(=O)O)cc1. The van der Waals surface area contributed by atoms with Crippen LogP contribution in [0.15, 0.2) is 24.3 Å². The lowest BCUT2D eigenvalue weighted by Crippen LogP contribution is -2.49. The number of ether oxygens (including phenoxy) is 1. The van der Waals surface area contributed by atoms with E-state index in [0.717, 1.165) is 24.5 Å². The number of carboxylic acids is 1. The van der Waals surface area contributed by atoms with E-state index >= 15 is 0 Å². The zero-order valence-electron chi connectivity index (χ0n) is 13.4. The third-order valence-electron chi connectivity index (χ3n) is 4.13. The van der Waals surface area contributed by atoms with Gasteiger partial charge in [0, 0.05) is 6.61 Å². The number of aryl methyl sites for hydroxylation is 1. The van der Waals surface area contributed by atoms with Crippen LogP contribution in [0.4, 0.5) is 0 Å². The predicted octanol–water partition coefficient (Wildman–Crippen LogP) is 1.41. The second kappa shape index (κ2) is 7.10. The predicted molar refractivity (Wildman–Crippen MR) is 83.9 cm³/mol. The Kier molecular flexibility index (Phi) is 5.38. The molecule has 1 heterocycles. The highest BCUT2D eigenvalue weighted by molar-refractivity contribution is 5.82. The number of hydrogen-bond donors (Lipinski definition) is 3. The molecule has 1 fully saturated rings. The molecule has 3 atom stereocenters. The van der Waals surface area contributed by atoms with Gasteiger partial charge in [0.05, 0.1) is 18.6 Å². The summed E-state index contributed by atoms with van der Waals surface area (Å²) >= 11 is 0. The summed E-state index contributed by atoms with van der Waals surface area (Å²) in [7, 11) is 0. The fourth-order valence-corrected chi connectivity index (χ4v) is 2.60. The Bertz CT molecular complexity index is 567. The maximum atomic E-state index is 12.4. The van der Waals surface area contributed by atoms with E-state index in [0.29, 0.717) is 13.0 Å². The minimum atomic E-state index is -1.98. The molecule has 23 heavy (non-hydrogen) atoms. The summed E-state index contributed by atoms with van der Waals surface area (Å²) in [4.78, 5) is 23.3. The number of aliphatic hydroxyl groups is 1. The normalized spacial score (nSPS) is 23.8. The number of carbonyl (C=O) groups is 2. The van der Waals surface area contributed by atoms with Gasteiger partial charge in [-0.25, -0.2) is 4.79 Å². The van der Waals surface area contributed by atoms with Crippen molar-refractivity contribution in [3.05, 3.63) is 35.4 Å². The van der Waals surface area contributed by atoms with Gasteiger partial charge in [-0.15, -0.1) is 0 Å². The number of aliphatic carboxylic acids is 1.